The molecule has 0 bridgehead atoms. The van der Waals surface area contributed by atoms with Crippen molar-refractivity contribution in [2.45, 2.75) is 26.8 Å². The van der Waals surface area contributed by atoms with Crippen LogP contribution in [0.2, 0.25) is 0 Å². The van der Waals surface area contributed by atoms with Crippen LogP contribution in [0.3, 0.4) is 0 Å². The number of ether oxygens (including phenoxy) is 1. The summed E-state index contributed by atoms with van der Waals surface area (Å²) in [6, 6.07) is 5.27. The van der Waals surface area contributed by atoms with Crippen LogP contribution in [0.1, 0.15) is 20.8 Å². The molecule has 0 saturated carbocycles. The van der Waals surface area contributed by atoms with E-state index in [1.54, 1.807) is 24.1 Å². The van der Waals surface area contributed by atoms with Crippen molar-refractivity contribution in [2.75, 3.05) is 50.0 Å². The van der Waals surface area contributed by atoms with Gasteiger partial charge in [0.15, 0.2) is 5.82 Å². The number of nitrogens with one attached hydrogen (secondary N) is 3. The Balaban J connectivity index is 1.38. The molecule has 0 radical (unpaired) electrons. The van der Waals surface area contributed by atoms with Crippen molar-refractivity contribution in [1.82, 2.24) is 34.5 Å². The molecular weight excluding hydrogens is 501 g/mol. The Labute approximate surface area is 226 Å². The number of aromatic amines is 1. The summed E-state index contributed by atoms with van der Waals surface area (Å²) in [5, 5.41) is 11.1. The molecule has 1 aromatic carbocycles. The number of carbonyl (C=O) groups excluding carboxylic acids is 1. The Morgan fingerprint density at radius 1 is 1.21 bits per heavy atom. The highest BCUT2D eigenvalue weighted by atomic mass is 19.1. The lowest BCUT2D eigenvalue weighted by Gasteiger charge is -2.36. The number of fused-ring (bicyclic) bond motifs is 1. The van der Waals surface area contributed by atoms with Crippen molar-refractivity contribution in [3.8, 4) is 17.1 Å². The minimum absolute atomic E-state index is 0.0788. The third-order valence-electron chi connectivity index (χ3n) is 7.08. The maximum Gasteiger partial charge on any atom is 0.256 e. The number of aryl methyl sites for hydroxylation is 1. The molecule has 1 atom stereocenters. The molecule has 3 aromatic heterocycles. The lowest BCUT2D eigenvalue weighted by Crippen LogP contribution is -2.52. The molecule has 11 nitrogen and oxygen atoms in total. The van der Waals surface area contributed by atoms with Gasteiger partial charge >= 0.3 is 0 Å². The summed E-state index contributed by atoms with van der Waals surface area (Å²) >= 11 is 0. The second-order valence-electron chi connectivity index (χ2n) is 9.54. The largest absolute Gasteiger partial charge is 0.475 e. The van der Waals surface area contributed by atoms with Gasteiger partial charge in [0, 0.05) is 50.4 Å². The van der Waals surface area contributed by atoms with E-state index in [0.29, 0.717) is 34.9 Å². The van der Waals surface area contributed by atoms with Crippen LogP contribution < -0.4 is 15.4 Å². The van der Waals surface area contributed by atoms with Crippen LogP contribution in [-0.4, -0.2) is 85.8 Å². The maximum atomic E-state index is 15.0. The highest BCUT2D eigenvalue weighted by Crippen LogP contribution is 2.34. The first kappa shape index (κ1) is 26.6. The fraction of sp³-hybridized carbons (Fsp3) is 0.407. The number of aromatic nitrogens is 5. The number of anilines is 3. The van der Waals surface area contributed by atoms with Gasteiger partial charge in [-0.3, -0.25) is 14.4 Å². The number of H-pyrrole nitrogens is 1. The summed E-state index contributed by atoms with van der Waals surface area (Å²) in [5.74, 6) is -0.0311. The van der Waals surface area contributed by atoms with E-state index in [4.69, 9.17) is 4.74 Å². The number of hydrogen-bond acceptors (Lipinski definition) is 8. The molecule has 1 amide bonds. The molecule has 0 spiro atoms. The standard InChI is InChI=1S/C27H34FN9O2/c1-5-36-10-12-37(13-11-36)17(3)25(38)31-21-9-7-8-18-19(14-29-24(18)21)23-20(28)15-30-27(33-23)32-22-16-35(4)34-26(22)39-6-2/h7-9,14-17,29H,5-6,10-13H2,1-4H3,(H,31,38)(H,30,32,33). The lowest BCUT2D eigenvalue weighted by atomic mass is 10.1. The smallest absolute Gasteiger partial charge is 0.256 e. The molecule has 39 heavy (non-hydrogen) atoms. The Morgan fingerprint density at radius 2 is 2.00 bits per heavy atom. The number of benzene rings is 1. The summed E-state index contributed by atoms with van der Waals surface area (Å²) in [6.45, 7) is 11.0. The summed E-state index contributed by atoms with van der Waals surface area (Å²) in [6.07, 6.45) is 4.56. The monoisotopic (exact) mass is 535 g/mol. The number of amides is 1. The van der Waals surface area contributed by atoms with Crippen molar-refractivity contribution in [3.63, 3.8) is 0 Å². The molecule has 3 N–H and O–H groups in total. The van der Waals surface area contributed by atoms with Gasteiger partial charge < -0.3 is 25.3 Å². The molecule has 5 rings (SSSR count). The molecule has 1 unspecified atom stereocenters. The minimum atomic E-state index is -0.563. The van der Waals surface area contributed by atoms with Crippen LogP contribution in [0.4, 0.5) is 21.7 Å². The third kappa shape index (κ3) is 5.57. The molecular formula is C27H34FN9O2. The van der Waals surface area contributed by atoms with E-state index in [1.807, 2.05) is 32.0 Å². The molecule has 1 aliphatic heterocycles. The molecule has 4 aromatic rings. The fourth-order valence-corrected chi connectivity index (χ4v) is 4.86. The topological polar surface area (TPSA) is 116 Å². The average Bonchev–Trinajstić information content (AvgIpc) is 3.53. The summed E-state index contributed by atoms with van der Waals surface area (Å²) < 4.78 is 22.2. The van der Waals surface area contributed by atoms with Gasteiger partial charge in [0.2, 0.25) is 11.9 Å². The van der Waals surface area contributed by atoms with Crippen LogP contribution in [0.5, 0.6) is 5.88 Å². The third-order valence-corrected chi connectivity index (χ3v) is 7.08. The van der Waals surface area contributed by atoms with Crippen LogP contribution in [-0.2, 0) is 11.8 Å². The van der Waals surface area contributed by atoms with Gasteiger partial charge in [0.1, 0.15) is 11.4 Å². The van der Waals surface area contributed by atoms with E-state index in [1.165, 1.54) is 0 Å². The number of likely N-dealkylation sites (N-methyl/N-ethyl adjacent to an activating group) is 1. The number of halogens is 1. The number of nitrogens with zero attached hydrogens (tertiary/aromatic N) is 6. The molecule has 1 fully saturated rings. The number of piperazine rings is 1. The molecule has 4 heterocycles. The summed E-state index contributed by atoms with van der Waals surface area (Å²) in [4.78, 5) is 29.5. The molecule has 206 valence electrons. The van der Waals surface area contributed by atoms with Gasteiger partial charge in [-0.25, -0.2) is 14.4 Å². The van der Waals surface area contributed by atoms with Gasteiger partial charge in [0.25, 0.3) is 5.88 Å². The van der Waals surface area contributed by atoms with Crippen LogP contribution in [0, 0.1) is 5.82 Å². The van der Waals surface area contributed by atoms with Gasteiger partial charge in [-0.05, 0) is 26.5 Å². The minimum Gasteiger partial charge on any atom is -0.475 e. The van der Waals surface area contributed by atoms with Crippen molar-refractivity contribution in [3.05, 3.63) is 42.6 Å². The second kappa shape index (κ2) is 11.4. The predicted octanol–water partition coefficient (Wildman–Crippen LogP) is 3.60. The van der Waals surface area contributed by atoms with E-state index in [9.17, 15) is 9.18 Å². The highest BCUT2D eigenvalue weighted by molar-refractivity contribution is 6.06. The first-order valence-corrected chi connectivity index (χ1v) is 13.2. The van der Waals surface area contributed by atoms with Crippen molar-refractivity contribution in [2.24, 2.45) is 7.05 Å². The van der Waals surface area contributed by atoms with Crippen molar-refractivity contribution >= 4 is 34.1 Å². The normalized spacial score (nSPS) is 15.4. The van der Waals surface area contributed by atoms with Crippen LogP contribution in [0.15, 0.2) is 36.8 Å². The maximum absolute atomic E-state index is 15.0. The molecule has 0 aliphatic carbocycles. The first-order chi connectivity index (χ1) is 18.9. The Morgan fingerprint density at radius 3 is 2.74 bits per heavy atom. The van der Waals surface area contributed by atoms with E-state index >= 15 is 0 Å². The van der Waals surface area contributed by atoms with E-state index in [-0.39, 0.29) is 23.6 Å². The van der Waals surface area contributed by atoms with Crippen LogP contribution in [0.25, 0.3) is 22.2 Å². The van der Waals surface area contributed by atoms with Crippen molar-refractivity contribution < 1.29 is 13.9 Å². The summed E-state index contributed by atoms with van der Waals surface area (Å²) in [7, 11) is 1.78. The lowest BCUT2D eigenvalue weighted by molar-refractivity contribution is -0.121. The molecule has 1 saturated heterocycles. The first-order valence-electron chi connectivity index (χ1n) is 13.2. The number of para-hydroxylation sites is 1. The van der Waals surface area contributed by atoms with Gasteiger partial charge in [-0.2, -0.15) is 0 Å². The van der Waals surface area contributed by atoms with E-state index in [2.05, 4.69) is 47.4 Å². The molecule has 1 aliphatic rings. The zero-order valence-electron chi connectivity index (χ0n) is 22.7. The van der Waals surface area contributed by atoms with Crippen LogP contribution >= 0.6 is 0 Å². The fourth-order valence-electron chi connectivity index (χ4n) is 4.86. The zero-order chi connectivity index (χ0) is 27.5. The van der Waals surface area contributed by atoms with Gasteiger partial charge in [0.05, 0.1) is 36.2 Å². The Hall–Kier alpha value is -4.03. The van der Waals surface area contributed by atoms with Crippen molar-refractivity contribution in [1.29, 1.82) is 0 Å². The Kier molecular flexibility index (Phi) is 7.75. The van der Waals surface area contributed by atoms with Gasteiger partial charge in [-0.15, -0.1) is 5.10 Å². The number of hydrogen-bond donors (Lipinski definition) is 3. The molecule has 12 heteroatoms. The summed E-state index contributed by atoms with van der Waals surface area (Å²) in [5.41, 5.74) is 2.59. The highest BCUT2D eigenvalue weighted by Gasteiger charge is 2.26. The zero-order valence-corrected chi connectivity index (χ0v) is 22.7. The van der Waals surface area contributed by atoms with Gasteiger partial charge in [-0.1, -0.05) is 19.1 Å². The quantitative estimate of drug-likeness (QED) is 0.298. The van der Waals surface area contributed by atoms with E-state index in [0.717, 1.165) is 44.3 Å². The number of carbonyl (C=O) groups is 1. The predicted molar refractivity (Wildman–Crippen MR) is 149 cm³/mol. The SMILES string of the molecule is CCOc1nn(C)cc1Nc1ncc(F)c(-c2c[nH]c3c(NC(=O)C(C)N4CCN(CC)CC4)cccc23)n1. The second-order valence-corrected chi connectivity index (χ2v) is 9.54. The van der Waals surface area contributed by atoms with E-state index < -0.39 is 5.82 Å². The average molecular weight is 536 g/mol. The Bertz CT molecular complexity index is 1460. The number of rotatable bonds is 9.